The molecule has 23 heavy (non-hydrogen) atoms. The summed E-state index contributed by atoms with van der Waals surface area (Å²) in [5, 5.41) is 17.8. The Bertz CT molecular complexity index is 641. The molecule has 0 fully saturated rings. The van der Waals surface area contributed by atoms with Crippen molar-refractivity contribution < 1.29 is 9.90 Å². The zero-order valence-corrected chi connectivity index (χ0v) is 14.8. The summed E-state index contributed by atoms with van der Waals surface area (Å²) in [5.74, 6) is 0. The van der Waals surface area contributed by atoms with Gasteiger partial charge < -0.3 is 15.7 Å². The Kier molecular flexibility index (Phi) is 5.12. The Hall–Kier alpha value is -1.85. The molecule has 2 rings (SSSR count). The highest BCUT2D eigenvalue weighted by atomic mass is 32.1. The molecule has 0 bridgehead atoms. The number of hydrogen-bond acceptors (Lipinski definition) is 3. The van der Waals surface area contributed by atoms with Gasteiger partial charge in [0, 0.05) is 10.6 Å². The van der Waals surface area contributed by atoms with Crippen LogP contribution in [0.5, 0.6) is 0 Å². The molecule has 2 amide bonds. The monoisotopic (exact) mass is 332 g/mol. The lowest BCUT2D eigenvalue weighted by Crippen LogP contribution is -2.40. The van der Waals surface area contributed by atoms with Gasteiger partial charge in [-0.2, -0.15) is 0 Å². The lowest BCUT2D eigenvalue weighted by Gasteiger charge is -2.22. The van der Waals surface area contributed by atoms with Crippen LogP contribution < -0.4 is 10.6 Å². The molecule has 0 aliphatic heterocycles. The first-order valence-electron chi connectivity index (χ1n) is 7.60. The standard InChI is InChI=1S/C18H24N2O2S/c1-17(2,3)13-7-9-14(10-8-13)20-16(21)19-12-18(4,22)15-6-5-11-23-15/h5-11,22H,12H2,1-4H3,(H2,19,20,21). The molecule has 1 aromatic heterocycles. The summed E-state index contributed by atoms with van der Waals surface area (Å²) in [5.41, 5.74) is 0.956. The van der Waals surface area contributed by atoms with Crippen LogP contribution in [-0.4, -0.2) is 17.7 Å². The van der Waals surface area contributed by atoms with E-state index in [0.29, 0.717) is 0 Å². The van der Waals surface area contributed by atoms with Gasteiger partial charge in [-0.3, -0.25) is 0 Å². The van der Waals surface area contributed by atoms with E-state index in [9.17, 15) is 9.90 Å². The average molecular weight is 332 g/mol. The maximum Gasteiger partial charge on any atom is 0.319 e. The Balaban J connectivity index is 1.90. The minimum Gasteiger partial charge on any atom is -0.383 e. The lowest BCUT2D eigenvalue weighted by molar-refractivity contribution is 0.0637. The topological polar surface area (TPSA) is 61.4 Å². The molecule has 1 heterocycles. The molecule has 2 aromatic rings. The number of aliphatic hydroxyl groups is 1. The van der Waals surface area contributed by atoms with Crippen LogP contribution >= 0.6 is 11.3 Å². The van der Waals surface area contributed by atoms with Gasteiger partial charge in [-0.05, 0) is 41.5 Å². The summed E-state index contributed by atoms with van der Waals surface area (Å²) in [6, 6.07) is 11.2. The van der Waals surface area contributed by atoms with E-state index in [4.69, 9.17) is 0 Å². The highest BCUT2D eigenvalue weighted by Gasteiger charge is 2.24. The first-order valence-corrected chi connectivity index (χ1v) is 8.48. The third kappa shape index (κ3) is 4.81. The van der Waals surface area contributed by atoms with Crippen LogP contribution in [0.25, 0.3) is 0 Å². The number of urea groups is 1. The van der Waals surface area contributed by atoms with E-state index in [0.717, 1.165) is 10.6 Å². The molecule has 0 radical (unpaired) electrons. The molecular weight excluding hydrogens is 308 g/mol. The number of nitrogens with one attached hydrogen (secondary N) is 2. The maximum atomic E-state index is 12.0. The molecule has 0 saturated carbocycles. The first-order chi connectivity index (χ1) is 10.7. The molecule has 3 N–H and O–H groups in total. The summed E-state index contributed by atoms with van der Waals surface area (Å²) in [7, 11) is 0. The zero-order valence-electron chi connectivity index (χ0n) is 14.0. The van der Waals surface area contributed by atoms with Crippen molar-refractivity contribution in [3.05, 3.63) is 52.2 Å². The molecule has 4 nitrogen and oxygen atoms in total. The molecule has 1 unspecified atom stereocenters. The number of benzene rings is 1. The van der Waals surface area contributed by atoms with E-state index in [-0.39, 0.29) is 18.0 Å². The number of carbonyl (C=O) groups excluding carboxylic acids is 1. The fourth-order valence-corrected chi connectivity index (χ4v) is 2.94. The van der Waals surface area contributed by atoms with Gasteiger partial charge in [-0.15, -0.1) is 11.3 Å². The quantitative estimate of drug-likeness (QED) is 0.790. The summed E-state index contributed by atoms with van der Waals surface area (Å²) in [6.07, 6.45) is 0. The Labute approximate surface area is 141 Å². The summed E-state index contributed by atoms with van der Waals surface area (Å²) >= 11 is 1.47. The minimum atomic E-state index is -1.07. The number of rotatable bonds is 4. The van der Waals surface area contributed by atoms with Gasteiger partial charge in [0.25, 0.3) is 0 Å². The Morgan fingerprint density at radius 1 is 1.13 bits per heavy atom. The largest absolute Gasteiger partial charge is 0.383 e. The van der Waals surface area contributed by atoms with Crippen molar-refractivity contribution >= 4 is 23.1 Å². The minimum absolute atomic E-state index is 0.0835. The normalized spacial score (nSPS) is 14.1. The summed E-state index contributed by atoms with van der Waals surface area (Å²) < 4.78 is 0. The molecule has 5 heteroatoms. The van der Waals surface area contributed by atoms with Crippen molar-refractivity contribution in [1.82, 2.24) is 5.32 Å². The van der Waals surface area contributed by atoms with E-state index in [2.05, 4.69) is 31.4 Å². The van der Waals surface area contributed by atoms with E-state index in [1.54, 1.807) is 6.92 Å². The van der Waals surface area contributed by atoms with Gasteiger partial charge >= 0.3 is 6.03 Å². The molecule has 0 spiro atoms. The molecule has 0 aliphatic carbocycles. The molecule has 0 saturated heterocycles. The van der Waals surface area contributed by atoms with Gasteiger partial charge in [0.15, 0.2) is 0 Å². The highest BCUT2D eigenvalue weighted by molar-refractivity contribution is 7.10. The number of thiophene rings is 1. The van der Waals surface area contributed by atoms with Gasteiger partial charge in [-0.25, -0.2) is 4.79 Å². The molecule has 1 aromatic carbocycles. The fourth-order valence-electron chi connectivity index (χ4n) is 2.15. The molecule has 1 atom stereocenters. The van der Waals surface area contributed by atoms with Gasteiger partial charge in [-0.1, -0.05) is 39.0 Å². The third-order valence-electron chi connectivity index (χ3n) is 3.65. The highest BCUT2D eigenvalue weighted by Crippen LogP contribution is 2.25. The maximum absolute atomic E-state index is 12.0. The molecule has 0 aliphatic rings. The number of carbonyl (C=O) groups is 1. The van der Waals surface area contributed by atoms with Crippen molar-refractivity contribution in [1.29, 1.82) is 0 Å². The van der Waals surface area contributed by atoms with Crippen molar-refractivity contribution in [2.75, 3.05) is 11.9 Å². The zero-order chi connectivity index (χ0) is 17.1. The second-order valence-corrected chi connectivity index (χ2v) is 7.83. The van der Waals surface area contributed by atoms with Gasteiger partial charge in [0.1, 0.15) is 5.60 Å². The fraction of sp³-hybridized carbons (Fsp3) is 0.389. The smallest absolute Gasteiger partial charge is 0.319 e. The van der Waals surface area contributed by atoms with E-state index >= 15 is 0 Å². The van der Waals surface area contributed by atoms with Crippen LogP contribution in [-0.2, 0) is 11.0 Å². The SMILES string of the molecule is CC(C)(C)c1ccc(NC(=O)NCC(C)(O)c2cccs2)cc1. The van der Waals surface area contributed by atoms with E-state index < -0.39 is 5.60 Å². The van der Waals surface area contributed by atoms with Gasteiger partial charge in [0.2, 0.25) is 0 Å². The third-order valence-corrected chi connectivity index (χ3v) is 4.78. The predicted octanol–water partition coefficient (Wildman–Crippen LogP) is 4.07. The van der Waals surface area contributed by atoms with Crippen molar-refractivity contribution in [3.8, 4) is 0 Å². The van der Waals surface area contributed by atoms with E-state index in [1.807, 2.05) is 41.8 Å². The van der Waals surface area contributed by atoms with Crippen LogP contribution in [0.2, 0.25) is 0 Å². The van der Waals surface area contributed by atoms with Crippen LogP contribution in [0.1, 0.15) is 38.1 Å². The second-order valence-electron chi connectivity index (χ2n) is 6.89. The Morgan fingerprint density at radius 2 is 1.78 bits per heavy atom. The second kappa shape index (κ2) is 6.72. The van der Waals surface area contributed by atoms with Crippen LogP contribution in [0.15, 0.2) is 41.8 Å². The van der Waals surface area contributed by atoms with Crippen LogP contribution in [0, 0.1) is 0 Å². The number of anilines is 1. The van der Waals surface area contributed by atoms with Crippen LogP contribution in [0.4, 0.5) is 10.5 Å². The Morgan fingerprint density at radius 3 is 2.30 bits per heavy atom. The molecular formula is C18H24N2O2S. The average Bonchev–Trinajstić information content (AvgIpc) is 3.00. The predicted molar refractivity (Wildman–Crippen MR) is 96.1 cm³/mol. The van der Waals surface area contributed by atoms with Crippen molar-refractivity contribution in [2.45, 2.75) is 38.7 Å². The summed E-state index contributed by atoms with van der Waals surface area (Å²) in [4.78, 5) is 12.8. The number of hydrogen-bond donors (Lipinski definition) is 3. The van der Waals surface area contributed by atoms with E-state index in [1.165, 1.54) is 16.9 Å². The summed E-state index contributed by atoms with van der Waals surface area (Å²) in [6.45, 7) is 8.29. The van der Waals surface area contributed by atoms with Crippen molar-refractivity contribution in [2.24, 2.45) is 0 Å². The molecule has 124 valence electrons. The van der Waals surface area contributed by atoms with Crippen LogP contribution in [0.3, 0.4) is 0 Å². The van der Waals surface area contributed by atoms with Crippen molar-refractivity contribution in [3.63, 3.8) is 0 Å². The first kappa shape index (κ1) is 17.5. The van der Waals surface area contributed by atoms with Gasteiger partial charge in [0.05, 0.1) is 6.54 Å². The lowest BCUT2D eigenvalue weighted by atomic mass is 9.87. The number of amides is 2.